The average molecular weight is 942 g/mol. The van der Waals surface area contributed by atoms with Crippen molar-refractivity contribution in [2.45, 2.75) is 47.2 Å². The Morgan fingerprint density at radius 2 is 1.36 bits per heavy atom. The molecule has 0 unspecified atom stereocenters. The fourth-order valence-electron chi connectivity index (χ4n) is 6.58. The molecule has 5 aromatic carbocycles. The van der Waals surface area contributed by atoms with Gasteiger partial charge in [-0.3, -0.25) is 0 Å². The van der Waals surface area contributed by atoms with Crippen LogP contribution in [0.25, 0.3) is 66.8 Å². The standard InChI is InChI=1S/C28H25N2O.C25H20N.Ir/c1-28(2,3)18-20-14-15-29-25(17-20)24-11-7-10-22-23-13-12-21(30-27(23)31-26(22)24)16-19-8-5-4-6-9-19;1-18-13-14-22(15-23(18)20-9-5-3-6-10-20)25-16-24(19(2)17-26-25)21-11-7-4-8-12-21;/h4-10,12-15,17H,16,18H2,1-3H3;3-13,15-17H,1-2H3;/q2*-1;/i16D2,18D2;1D3,2D3;. The molecule has 4 heterocycles. The second-order valence-corrected chi connectivity index (χ2v) is 14.6. The Kier molecular flexibility index (Phi) is 8.90. The smallest absolute Gasteiger partial charge is 0.216 e. The van der Waals surface area contributed by atoms with Crippen LogP contribution in [0.3, 0.4) is 0 Å². The molecule has 4 aromatic heterocycles. The van der Waals surface area contributed by atoms with Gasteiger partial charge in [-0.1, -0.05) is 153 Å². The molecule has 1 radical (unpaired) electrons. The van der Waals surface area contributed by atoms with Crippen molar-refractivity contribution in [3.8, 4) is 44.8 Å². The van der Waals surface area contributed by atoms with Crippen molar-refractivity contribution in [1.29, 1.82) is 0 Å². The molecule has 0 saturated carbocycles. The van der Waals surface area contributed by atoms with Crippen molar-refractivity contribution in [2.75, 3.05) is 0 Å². The van der Waals surface area contributed by atoms with Crippen LogP contribution < -0.4 is 0 Å². The van der Waals surface area contributed by atoms with E-state index in [1.165, 1.54) is 12.3 Å². The molecular formula is C53H45IrN3O-2. The summed E-state index contributed by atoms with van der Waals surface area (Å²) in [6, 6.07) is 49.4. The zero-order valence-corrected chi connectivity index (χ0v) is 34.5. The molecule has 5 heteroatoms. The molecule has 0 amide bonds. The predicted octanol–water partition coefficient (Wildman–Crippen LogP) is 13.5. The zero-order chi connectivity index (χ0) is 47.9. The molecular weight excluding hydrogens is 887 g/mol. The number of pyridine rings is 3. The van der Waals surface area contributed by atoms with Gasteiger partial charge in [-0.15, -0.1) is 47.5 Å². The second-order valence-electron chi connectivity index (χ2n) is 14.6. The predicted molar refractivity (Wildman–Crippen MR) is 235 cm³/mol. The average Bonchev–Trinajstić information content (AvgIpc) is 3.70. The largest absolute Gasteiger partial charge is 0.486 e. The summed E-state index contributed by atoms with van der Waals surface area (Å²) in [7, 11) is 0. The molecule has 0 aliphatic rings. The third kappa shape index (κ3) is 9.24. The summed E-state index contributed by atoms with van der Waals surface area (Å²) >= 11 is 0. The molecule has 0 aliphatic heterocycles. The molecule has 0 bridgehead atoms. The maximum absolute atomic E-state index is 8.64. The number of aromatic nitrogens is 3. The van der Waals surface area contributed by atoms with Crippen molar-refractivity contribution >= 4 is 22.1 Å². The number of benzene rings is 5. The topological polar surface area (TPSA) is 51.8 Å². The number of fused-ring (bicyclic) bond motifs is 3. The van der Waals surface area contributed by atoms with E-state index in [2.05, 4.69) is 27.1 Å². The van der Waals surface area contributed by atoms with Gasteiger partial charge in [0.1, 0.15) is 0 Å². The van der Waals surface area contributed by atoms with Gasteiger partial charge in [-0.05, 0) is 76.0 Å². The first-order valence-corrected chi connectivity index (χ1v) is 18.6. The van der Waals surface area contributed by atoms with Crippen molar-refractivity contribution in [2.24, 2.45) is 5.41 Å². The van der Waals surface area contributed by atoms with E-state index in [-0.39, 0.29) is 36.9 Å². The van der Waals surface area contributed by atoms with Crippen LogP contribution in [-0.4, -0.2) is 15.0 Å². The minimum atomic E-state index is -2.32. The minimum absolute atomic E-state index is 0. The van der Waals surface area contributed by atoms with Gasteiger partial charge < -0.3 is 14.4 Å². The fraction of sp³-hybridized carbons (Fsp3) is 0.151. The second kappa shape index (κ2) is 17.6. The Hall–Kier alpha value is -6.00. The number of nitrogens with zero attached hydrogens (tertiary/aromatic N) is 3. The van der Waals surface area contributed by atoms with Gasteiger partial charge in [-0.2, -0.15) is 0 Å². The van der Waals surface area contributed by atoms with Gasteiger partial charge in [0.2, 0.25) is 5.71 Å². The van der Waals surface area contributed by atoms with Crippen LogP contribution in [0.5, 0.6) is 0 Å². The van der Waals surface area contributed by atoms with Crippen LogP contribution in [0.15, 0.2) is 162 Å². The number of furan rings is 1. The summed E-state index contributed by atoms with van der Waals surface area (Å²) in [5.41, 5.74) is 6.90. The van der Waals surface area contributed by atoms with E-state index in [9.17, 15) is 0 Å². The Morgan fingerprint density at radius 3 is 2.05 bits per heavy atom. The van der Waals surface area contributed by atoms with Gasteiger partial charge in [0.05, 0.1) is 5.58 Å². The van der Waals surface area contributed by atoms with Crippen LogP contribution in [0.1, 0.15) is 62.4 Å². The fourth-order valence-corrected chi connectivity index (χ4v) is 6.58. The van der Waals surface area contributed by atoms with Gasteiger partial charge >= 0.3 is 0 Å². The van der Waals surface area contributed by atoms with Crippen LogP contribution in [0.2, 0.25) is 0 Å². The Balaban J connectivity index is 0.000000199. The molecule has 0 N–H and O–H groups in total. The van der Waals surface area contributed by atoms with Crippen molar-refractivity contribution in [1.82, 2.24) is 15.0 Å². The number of rotatable bonds is 7. The van der Waals surface area contributed by atoms with Crippen LogP contribution in [0.4, 0.5) is 0 Å². The monoisotopic (exact) mass is 942 g/mol. The molecule has 0 aliphatic carbocycles. The molecule has 0 spiro atoms. The number of hydrogen-bond acceptors (Lipinski definition) is 4. The van der Waals surface area contributed by atoms with E-state index in [0.717, 1.165) is 21.9 Å². The third-order valence-corrected chi connectivity index (χ3v) is 9.18. The molecule has 0 atom stereocenters. The van der Waals surface area contributed by atoms with Gasteiger partial charge in [0.25, 0.3) is 0 Å². The SMILES string of the molecule is [2H]C([2H])([2H])c1c[c-]c(-c2cc(-c3ccccc3)c(C([2H])([2H])[2H])cn2)cc1-c1ccccc1.[2H]C([2H])(c1ccccc1)c1ccc2c(n1)oc1c(-c3cc(C([2H])([2H])C(C)(C)C)ccn3)[c-]ccc12.[Ir]. The van der Waals surface area contributed by atoms with Crippen molar-refractivity contribution in [3.05, 3.63) is 198 Å². The maximum Gasteiger partial charge on any atom is 0.216 e. The summed E-state index contributed by atoms with van der Waals surface area (Å²) < 4.78 is 88.2. The first kappa shape index (κ1) is 29.2. The molecule has 4 nitrogen and oxygen atoms in total. The van der Waals surface area contributed by atoms with Gasteiger partial charge in [0, 0.05) is 63.7 Å². The van der Waals surface area contributed by atoms with E-state index < -0.39 is 31.9 Å². The summed E-state index contributed by atoms with van der Waals surface area (Å²) in [6.07, 6.45) is -0.365. The number of aryl methyl sites for hydroxylation is 2. The van der Waals surface area contributed by atoms with E-state index in [0.29, 0.717) is 56.1 Å². The molecule has 9 aromatic rings. The Morgan fingerprint density at radius 1 is 0.672 bits per heavy atom. The quantitative estimate of drug-likeness (QED) is 0.149. The molecule has 58 heavy (non-hydrogen) atoms. The van der Waals surface area contributed by atoms with Crippen LogP contribution >= 0.6 is 0 Å². The van der Waals surface area contributed by atoms with Gasteiger partial charge in [0.15, 0.2) is 0 Å². The maximum atomic E-state index is 8.64. The van der Waals surface area contributed by atoms with Crippen LogP contribution in [-0.2, 0) is 32.9 Å². The molecule has 9 rings (SSSR count). The first-order valence-electron chi connectivity index (χ1n) is 23.6. The van der Waals surface area contributed by atoms with Gasteiger partial charge in [-0.25, -0.2) is 4.98 Å². The van der Waals surface area contributed by atoms with E-state index in [4.69, 9.17) is 18.1 Å². The Bertz CT molecular complexity index is 3110. The Labute approximate surface area is 369 Å². The number of hydrogen-bond donors (Lipinski definition) is 0. The van der Waals surface area contributed by atoms with E-state index in [1.54, 1.807) is 66.9 Å². The first-order chi connectivity index (χ1) is 31.6. The summed E-state index contributed by atoms with van der Waals surface area (Å²) in [6.45, 7) is 0.998. The van der Waals surface area contributed by atoms with Crippen LogP contribution in [0, 0.1) is 31.3 Å². The molecule has 0 fully saturated rings. The summed E-state index contributed by atoms with van der Waals surface area (Å²) in [5.74, 6) is 0. The zero-order valence-electron chi connectivity index (χ0n) is 42.1. The van der Waals surface area contributed by atoms with Crippen molar-refractivity contribution < 1.29 is 38.2 Å². The van der Waals surface area contributed by atoms with Crippen molar-refractivity contribution in [3.63, 3.8) is 0 Å². The summed E-state index contributed by atoms with van der Waals surface area (Å²) in [4.78, 5) is 13.4. The van der Waals surface area contributed by atoms with E-state index >= 15 is 0 Å². The van der Waals surface area contributed by atoms with E-state index in [1.807, 2.05) is 99.6 Å². The summed E-state index contributed by atoms with van der Waals surface area (Å²) in [5, 5.41) is 1.59. The molecule has 289 valence electrons. The normalized spacial score (nSPS) is 14.7. The third-order valence-electron chi connectivity index (χ3n) is 9.18. The molecule has 0 saturated heterocycles. The minimum Gasteiger partial charge on any atom is -0.486 e.